The second kappa shape index (κ2) is 8.84. The standard InChI is InChI=1S/C15H20FN3O2/c1-3-4-9-14(20)19-18-11(2)10-15(21)17-13-8-6-5-7-12(13)16/h5-8H,3-4,9-10H2,1-2H3,(H,17,21)(H,19,20)/b18-11+. The van der Waals surface area contributed by atoms with Crippen LogP contribution in [-0.2, 0) is 9.59 Å². The summed E-state index contributed by atoms with van der Waals surface area (Å²) in [5.41, 5.74) is 2.97. The Hall–Kier alpha value is -2.24. The number of hydrazone groups is 1. The highest BCUT2D eigenvalue weighted by Crippen LogP contribution is 2.12. The van der Waals surface area contributed by atoms with Crippen molar-refractivity contribution in [2.45, 2.75) is 39.5 Å². The van der Waals surface area contributed by atoms with E-state index in [1.54, 1.807) is 19.1 Å². The largest absolute Gasteiger partial charge is 0.323 e. The number of anilines is 1. The molecule has 0 atom stereocenters. The molecule has 21 heavy (non-hydrogen) atoms. The van der Waals surface area contributed by atoms with Gasteiger partial charge in [0, 0.05) is 12.1 Å². The van der Waals surface area contributed by atoms with Gasteiger partial charge in [0.1, 0.15) is 5.82 Å². The van der Waals surface area contributed by atoms with Gasteiger partial charge in [0.15, 0.2) is 0 Å². The van der Waals surface area contributed by atoms with E-state index in [1.807, 2.05) is 6.92 Å². The van der Waals surface area contributed by atoms with Crippen LogP contribution >= 0.6 is 0 Å². The number of nitrogens with one attached hydrogen (secondary N) is 2. The fraction of sp³-hybridized carbons (Fsp3) is 0.400. The summed E-state index contributed by atoms with van der Waals surface area (Å²) in [5.74, 6) is -1.05. The van der Waals surface area contributed by atoms with Crippen molar-refractivity contribution >= 4 is 23.2 Å². The average molecular weight is 293 g/mol. The highest BCUT2D eigenvalue weighted by Gasteiger charge is 2.08. The van der Waals surface area contributed by atoms with Crippen molar-refractivity contribution in [1.29, 1.82) is 0 Å². The first-order chi connectivity index (χ1) is 10.0. The van der Waals surface area contributed by atoms with Crippen LogP contribution in [0.2, 0.25) is 0 Å². The molecule has 0 heterocycles. The third kappa shape index (κ3) is 6.65. The second-order valence-corrected chi connectivity index (χ2v) is 4.69. The number of carbonyl (C=O) groups excluding carboxylic acids is 2. The summed E-state index contributed by atoms with van der Waals surface area (Å²) >= 11 is 0. The highest BCUT2D eigenvalue weighted by molar-refractivity contribution is 6.05. The average Bonchev–Trinajstić information content (AvgIpc) is 2.45. The number of carbonyl (C=O) groups is 2. The van der Waals surface area contributed by atoms with Gasteiger partial charge in [0.25, 0.3) is 0 Å². The molecule has 1 aromatic rings. The smallest absolute Gasteiger partial charge is 0.240 e. The van der Waals surface area contributed by atoms with Crippen molar-refractivity contribution in [3.05, 3.63) is 30.1 Å². The molecule has 0 unspecified atom stereocenters. The number of amides is 2. The van der Waals surface area contributed by atoms with Gasteiger partial charge in [-0.05, 0) is 25.5 Å². The third-order valence-corrected chi connectivity index (χ3v) is 2.69. The topological polar surface area (TPSA) is 70.6 Å². The first kappa shape index (κ1) is 16.8. The lowest BCUT2D eigenvalue weighted by Gasteiger charge is -2.06. The lowest BCUT2D eigenvalue weighted by atomic mass is 10.2. The van der Waals surface area contributed by atoms with Gasteiger partial charge in [-0.2, -0.15) is 5.10 Å². The zero-order chi connectivity index (χ0) is 15.7. The maximum absolute atomic E-state index is 13.4. The number of halogens is 1. The molecule has 0 aromatic heterocycles. The number of rotatable bonds is 7. The number of nitrogens with zero attached hydrogens (tertiary/aromatic N) is 1. The van der Waals surface area contributed by atoms with Crippen LogP contribution in [0.15, 0.2) is 29.4 Å². The Bertz CT molecular complexity index is 529. The Labute approximate surface area is 123 Å². The Balaban J connectivity index is 2.43. The van der Waals surface area contributed by atoms with E-state index in [-0.39, 0.29) is 23.9 Å². The summed E-state index contributed by atoms with van der Waals surface area (Å²) in [6.07, 6.45) is 2.13. The summed E-state index contributed by atoms with van der Waals surface area (Å²) in [6.45, 7) is 3.62. The SMILES string of the molecule is CCCCC(=O)N/N=C(\C)CC(=O)Nc1ccccc1F. The number of hydrogen-bond donors (Lipinski definition) is 2. The molecule has 0 aliphatic carbocycles. The monoisotopic (exact) mass is 293 g/mol. The van der Waals surface area contributed by atoms with Gasteiger partial charge in [-0.15, -0.1) is 0 Å². The molecule has 0 aliphatic rings. The van der Waals surface area contributed by atoms with Crippen LogP contribution in [0.1, 0.15) is 39.5 Å². The van der Waals surface area contributed by atoms with Crippen molar-refractivity contribution in [2.24, 2.45) is 5.10 Å². The second-order valence-electron chi connectivity index (χ2n) is 4.69. The minimum atomic E-state index is -0.492. The molecule has 0 saturated heterocycles. The number of unbranched alkanes of at least 4 members (excludes halogenated alkanes) is 1. The molecule has 2 amide bonds. The predicted octanol–water partition coefficient (Wildman–Crippen LogP) is 2.84. The van der Waals surface area contributed by atoms with Gasteiger partial charge >= 0.3 is 0 Å². The Kier molecular flexibility index (Phi) is 7.08. The quantitative estimate of drug-likeness (QED) is 0.599. The minimum Gasteiger partial charge on any atom is -0.323 e. The van der Waals surface area contributed by atoms with Gasteiger partial charge in [0.2, 0.25) is 11.8 Å². The van der Waals surface area contributed by atoms with Gasteiger partial charge in [-0.3, -0.25) is 9.59 Å². The molecule has 5 nitrogen and oxygen atoms in total. The van der Waals surface area contributed by atoms with Gasteiger partial charge in [0.05, 0.1) is 12.1 Å². The Morgan fingerprint density at radius 3 is 2.62 bits per heavy atom. The van der Waals surface area contributed by atoms with Gasteiger partial charge < -0.3 is 5.32 Å². The van der Waals surface area contributed by atoms with Gasteiger partial charge in [-0.25, -0.2) is 9.82 Å². The summed E-state index contributed by atoms with van der Waals surface area (Å²) in [5, 5.41) is 6.30. The fourth-order valence-electron chi connectivity index (χ4n) is 1.58. The first-order valence-corrected chi connectivity index (χ1v) is 6.89. The molecular formula is C15H20FN3O2. The van der Waals surface area contributed by atoms with E-state index in [0.717, 1.165) is 12.8 Å². The van der Waals surface area contributed by atoms with Crippen molar-refractivity contribution in [1.82, 2.24) is 5.43 Å². The van der Waals surface area contributed by atoms with Crippen molar-refractivity contribution < 1.29 is 14.0 Å². The summed E-state index contributed by atoms with van der Waals surface area (Å²) < 4.78 is 13.4. The van der Waals surface area contributed by atoms with E-state index in [9.17, 15) is 14.0 Å². The van der Waals surface area contributed by atoms with Crippen LogP contribution in [0.4, 0.5) is 10.1 Å². The van der Waals surface area contributed by atoms with E-state index >= 15 is 0 Å². The van der Waals surface area contributed by atoms with E-state index in [2.05, 4.69) is 15.8 Å². The number of benzene rings is 1. The summed E-state index contributed by atoms with van der Waals surface area (Å²) in [4.78, 5) is 23.1. The number of para-hydroxylation sites is 1. The third-order valence-electron chi connectivity index (χ3n) is 2.69. The van der Waals surface area contributed by atoms with Crippen LogP contribution in [0.3, 0.4) is 0 Å². The molecule has 0 aliphatic heterocycles. The molecule has 0 bridgehead atoms. The molecule has 1 rings (SSSR count). The molecule has 1 aromatic carbocycles. The summed E-state index contributed by atoms with van der Waals surface area (Å²) in [6, 6.07) is 5.92. The molecule has 114 valence electrons. The molecule has 0 spiro atoms. The molecule has 0 fully saturated rings. The lowest BCUT2D eigenvalue weighted by molar-refractivity contribution is -0.121. The zero-order valence-corrected chi connectivity index (χ0v) is 12.3. The van der Waals surface area contributed by atoms with Crippen LogP contribution in [-0.4, -0.2) is 17.5 Å². The maximum Gasteiger partial charge on any atom is 0.240 e. The van der Waals surface area contributed by atoms with Crippen molar-refractivity contribution in [2.75, 3.05) is 5.32 Å². The van der Waals surface area contributed by atoms with Crippen LogP contribution in [0.5, 0.6) is 0 Å². The fourth-order valence-corrected chi connectivity index (χ4v) is 1.58. The van der Waals surface area contributed by atoms with Crippen LogP contribution < -0.4 is 10.7 Å². The minimum absolute atomic E-state index is 0.0115. The van der Waals surface area contributed by atoms with Crippen molar-refractivity contribution in [3.63, 3.8) is 0 Å². The zero-order valence-electron chi connectivity index (χ0n) is 12.3. The van der Waals surface area contributed by atoms with Crippen LogP contribution in [0, 0.1) is 5.82 Å². The Morgan fingerprint density at radius 2 is 1.95 bits per heavy atom. The highest BCUT2D eigenvalue weighted by atomic mass is 19.1. The van der Waals surface area contributed by atoms with E-state index in [1.165, 1.54) is 12.1 Å². The number of hydrogen-bond acceptors (Lipinski definition) is 3. The van der Waals surface area contributed by atoms with Crippen LogP contribution in [0.25, 0.3) is 0 Å². The maximum atomic E-state index is 13.4. The van der Waals surface area contributed by atoms with E-state index in [4.69, 9.17) is 0 Å². The Morgan fingerprint density at radius 1 is 1.24 bits per heavy atom. The molecule has 0 saturated carbocycles. The first-order valence-electron chi connectivity index (χ1n) is 6.89. The van der Waals surface area contributed by atoms with Crippen molar-refractivity contribution in [3.8, 4) is 0 Å². The van der Waals surface area contributed by atoms with Gasteiger partial charge in [-0.1, -0.05) is 25.5 Å². The predicted molar refractivity (Wildman–Crippen MR) is 80.4 cm³/mol. The lowest BCUT2D eigenvalue weighted by Crippen LogP contribution is -2.21. The molecule has 6 heteroatoms. The normalized spacial score (nSPS) is 11.1. The van der Waals surface area contributed by atoms with E-state index < -0.39 is 5.82 Å². The molecular weight excluding hydrogens is 273 g/mol. The summed E-state index contributed by atoms with van der Waals surface area (Å²) in [7, 11) is 0. The van der Waals surface area contributed by atoms with E-state index in [0.29, 0.717) is 12.1 Å². The molecule has 2 N–H and O–H groups in total. The molecule has 0 radical (unpaired) electrons.